The van der Waals surface area contributed by atoms with Gasteiger partial charge in [-0.2, -0.15) is 18.2 Å². The second-order valence-corrected chi connectivity index (χ2v) is 8.69. The normalized spacial score (nSPS) is 18.3. The summed E-state index contributed by atoms with van der Waals surface area (Å²) < 4.78 is 69.2. The molecule has 0 saturated carbocycles. The van der Waals surface area contributed by atoms with Gasteiger partial charge in [0.05, 0.1) is 17.9 Å². The van der Waals surface area contributed by atoms with E-state index in [0.717, 1.165) is 18.4 Å². The van der Waals surface area contributed by atoms with Gasteiger partial charge in [0.25, 0.3) is 0 Å². The Morgan fingerprint density at radius 2 is 1.96 bits per heavy atom. The van der Waals surface area contributed by atoms with E-state index in [1.807, 2.05) is 6.92 Å². The van der Waals surface area contributed by atoms with Crippen molar-refractivity contribution in [2.45, 2.75) is 38.0 Å². The molecule has 7 nitrogen and oxygen atoms in total. The van der Waals surface area contributed by atoms with Crippen LogP contribution in [0.4, 0.5) is 13.2 Å². The molecule has 1 atom stereocenters. The Labute approximate surface area is 161 Å². The molecule has 11 heteroatoms. The Kier molecular flexibility index (Phi) is 5.78. The van der Waals surface area contributed by atoms with Gasteiger partial charge in [-0.15, -0.1) is 0 Å². The lowest BCUT2D eigenvalue weighted by atomic mass is 10.0. The number of halogens is 3. The van der Waals surface area contributed by atoms with E-state index in [4.69, 9.17) is 4.52 Å². The molecule has 28 heavy (non-hydrogen) atoms. The number of piperidine rings is 1. The van der Waals surface area contributed by atoms with Crippen molar-refractivity contribution in [1.29, 1.82) is 0 Å². The predicted octanol–water partition coefficient (Wildman–Crippen LogP) is 2.83. The summed E-state index contributed by atoms with van der Waals surface area (Å²) in [4.78, 5) is 6.33. The van der Waals surface area contributed by atoms with Gasteiger partial charge in [-0.25, -0.2) is 13.1 Å². The maximum atomic E-state index is 12.9. The molecule has 1 fully saturated rings. The smallest absolute Gasteiger partial charge is 0.337 e. The zero-order chi connectivity index (χ0) is 20.5. The summed E-state index contributed by atoms with van der Waals surface area (Å²) in [5, 5.41) is 3.82. The molecule has 2 aromatic rings. The zero-order valence-electron chi connectivity index (χ0n) is 15.4. The summed E-state index contributed by atoms with van der Waals surface area (Å²) in [5.41, 5.74) is -0.544. The quantitative estimate of drug-likeness (QED) is 0.803. The highest BCUT2D eigenvalue weighted by Gasteiger charge is 2.31. The van der Waals surface area contributed by atoms with Crippen LogP contribution in [0.5, 0.6) is 0 Å². The Hall–Kier alpha value is -1.98. The van der Waals surface area contributed by atoms with E-state index in [-0.39, 0.29) is 23.5 Å². The summed E-state index contributed by atoms with van der Waals surface area (Å²) >= 11 is 0. The fourth-order valence-electron chi connectivity index (χ4n) is 3.22. The molecule has 1 N–H and O–H groups in total. The molecule has 1 unspecified atom stereocenters. The third-order valence-corrected chi connectivity index (χ3v) is 5.47. The SMILES string of the molecule is CC(c1nc(-c2cccc(C(F)(F)F)c2)no1)N1CCC(NS(C)(=O)=O)CC1. The van der Waals surface area contributed by atoms with Gasteiger partial charge in [0.2, 0.25) is 21.7 Å². The zero-order valence-corrected chi connectivity index (χ0v) is 16.2. The van der Waals surface area contributed by atoms with Crippen LogP contribution in [0.15, 0.2) is 28.8 Å². The van der Waals surface area contributed by atoms with Gasteiger partial charge in [0, 0.05) is 24.7 Å². The van der Waals surface area contributed by atoms with E-state index in [0.29, 0.717) is 31.8 Å². The van der Waals surface area contributed by atoms with Crippen LogP contribution in [0.25, 0.3) is 11.4 Å². The minimum Gasteiger partial charge on any atom is -0.337 e. The van der Waals surface area contributed by atoms with Crippen molar-refractivity contribution in [1.82, 2.24) is 19.8 Å². The van der Waals surface area contributed by atoms with Crippen LogP contribution in [0.1, 0.15) is 37.3 Å². The Morgan fingerprint density at radius 3 is 2.57 bits per heavy atom. The molecule has 0 bridgehead atoms. The summed E-state index contributed by atoms with van der Waals surface area (Å²) in [6.45, 7) is 3.14. The number of hydrogen-bond acceptors (Lipinski definition) is 6. The second kappa shape index (κ2) is 7.80. The first-order valence-electron chi connectivity index (χ1n) is 8.75. The lowest BCUT2D eigenvalue weighted by molar-refractivity contribution is -0.137. The molecule has 1 saturated heterocycles. The van der Waals surface area contributed by atoms with Crippen molar-refractivity contribution >= 4 is 10.0 Å². The molecular formula is C17H21F3N4O3S. The third-order valence-electron chi connectivity index (χ3n) is 4.71. The predicted molar refractivity (Wildman–Crippen MR) is 95.7 cm³/mol. The number of hydrogen-bond donors (Lipinski definition) is 1. The van der Waals surface area contributed by atoms with Crippen LogP contribution in [0.3, 0.4) is 0 Å². The van der Waals surface area contributed by atoms with Crippen molar-refractivity contribution in [2.75, 3.05) is 19.3 Å². The lowest BCUT2D eigenvalue weighted by Gasteiger charge is -2.34. The average molecular weight is 418 g/mol. The minimum atomic E-state index is -4.44. The first-order chi connectivity index (χ1) is 13.0. The van der Waals surface area contributed by atoms with E-state index >= 15 is 0 Å². The Bertz CT molecular complexity index is 922. The molecule has 0 radical (unpaired) electrons. The summed E-state index contributed by atoms with van der Waals surface area (Å²) in [7, 11) is -3.24. The van der Waals surface area contributed by atoms with E-state index in [1.165, 1.54) is 12.1 Å². The van der Waals surface area contributed by atoms with Crippen LogP contribution >= 0.6 is 0 Å². The molecule has 0 spiro atoms. The Morgan fingerprint density at radius 1 is 1.29 bits per heavy atom. The Balaban J connectivity index is 1.68. The van der Waals surface area contributed by atoms with Gasteiger partial charge in [-0.3, -0.25) is 4.90 Å². The number of nitrogens with zero attached hydrogens (tertiary/aromatic N) is 3. The van der Waals surface area contributed by atoms with Crippen LogP contribution in [-0.4, -0.2) is 48.8 Å². The van der Waals surface area contributed by atoms with Gasteiger partial charge in [-0.05, 0) is 31.9 Å². The maximum absolute atomic E-state index is 12.9. The van der Waals surface area contributed by atoms with Crippen molar-refractivity contribution < 1.29 is 26.1 Å². The highest BCUT2D eigenvalue weighted by Crippen LogP contribution is 2.32. The molecule has 1 aromatic heterocycles. The number of rotatable bonds is 5. The molecule has 0 aliphatic carbocycles. The maximum Gasteiger partial charge on any atom is 0.416 e. The van der Waals surface area contributed by atoms with Gasteiger partial charge in [0.15, 0.2) is 0 Å². The molecule has 1 aliphatic rings. The topological polar surface area (TPSA) is 88.3 Å². The van der Waals surface area contributed by atoms with Crippen molar-refractivity contribution in [3.63, 3.8) is 0 Å². The molecule has 1 aromatic carbocycles. The molecule has 3 rings (SSSR count). The fraction of sp³-hybridized carbons (Fsp3) is 0.529. The summed E-state index contributed by atoms with van der Waals surface area (Å²) in [5.74, 6) is 0.406. The lowest BCUT2D eigenvalue weighted by Crippen LogP contribution is -2.45. The number of benzene rings is 1. The molecule has 0 amide bonds. The highest BCUT2D eigenvalue weighted by molar-refractivity contribution is 7.88. The largest absolute Gasteiger partial charge is 0.416 e. The van der Waals surface area contributed by atoms with Crippen molar-refractivity contribution in [3.05, 3.63) is 35.7 Å². The van der Waals surface area contributed by atoms with E-state index in [1.54, 1.807) is 0 Å². The van der Waals surface area contributed by atoms with Crippen molar-refractivity contribution in [3.8, 4) is 11.4 Å². The third kappa shape index (κ3) is 5.09. The van der Waals surface area contributed by atoms with Gasteiger partial charge in [-0.1, -0.05) is 17.3 Å². The van der Waals surface area contributed by atoms with Gasteiger partial charge < -0.3 is 4.52 Å². The van der Waals surface area contributed by atoms with E-state index < -0.39 is 21.8 Å². The van der Waals surface area contributed by atoms with E-state index in [9.17, 15) is 21.6 Å². The number of alkyl halides is 3. The molecular weight excluding hydrogens is 397 g/mol. The molecule has 154 valence electrons. The van der Waals surface area contributed by atoms with Gasteiger partial charge >= 0.3 is 6.18 Å². The highest BCUT2D eigenvalue weighted by atomic mass is 32.2. The average Bonchev–Trinajstić information content (AvgIpc) is 3.10. The summed E-state index contributed by atoms with van der Waals surface area (Å²) in [6.07, 6.45) is -2.02. The number of nitrogens with one attached hydrogen (secondary N) is 1. The summed E-state index contributed by atoms with van der Waals surface area (Å²) in [6, 6.07) is 4.44. The fourth-order valence-corrected chi connectivity index (χ4v) is 4.06. The van der Waals surface area contributed by atoms with Crippen LogP contribution in [0.2, 0.25) is 0 Å². The second-order valence-electron chi connectivity index (χ2n) is 6.91. The standard InChI is InChI=1S/C17H21F3N4O3S/c1-11(24-8-6-14(7-9-24)23-28(2,25)26)16-21-15(22-27-16)12-4-3-5-13(10-12)17(18,19)20/h3-5,10-11,14,23H,6-9H2,1-2H3. The first kappa shape index (κ1) is 20.7. The van der Waals surface area contributed by atoms with Crippen LogP contribution in [-0.2, 0) is 16.2 Å². The number of likely N-dealkylation sites (tertiary alicyclic amines) is 1. The van der Waals surface area contributed by atoms with E-state index in [2.05, 4.69) is 19.8 Å². The van der Waals surface area contributed by atoms with Gasteiger partial charge in [0.1, 0.15) is 0 Å². The van der Waals surface area contributed by atoms with Crippen molar-refractivity contribution in [2.24, 2.45) is 0 Å². The minimum absolute atomic E-state index is 0.0987. The first-order valence-corrected chi connectivity index (χ1v) is 10.6. The monoisotopic (exact) mass is 418 g/mol. The number of sulfonamides is 1. The molecule has 1 aliphatic heterocycles. The van der Waals surface area contributed by atoms with Crippen LogP contribution < -0.4 is 4.72 Å². The molecule has 2 heterocycles. The number of aromatic nitrogens is 2. The van der Waals surface area contributed by atoms with Crippen LogP contribution in [0, 0.1) is 0 Å².